The van der Waals surface area contributed by atoms with E-state index in [1.165, 1.54) is 0 Å². The number of amides is 1. The SMILES string of the molecule is Cc1cc(C(=O)Nc2c(C)c(-c3ccccc3)nn2C)cnc1C. The molecular weight excluding hydrogens is 300 g/mol. The van der Waals surface area contributed by atoms with Crippen LogP contribution in [0.2, 0.25) is 0 Å². The molecule has 0 radical (unpaired) electrons. The van der Waals surface area contributed by atoms with E-state index in [0.717, 1.165) is 28.1 Å². The molecule has 0 saturated heterocycles. The van der Waals surface area contributed by atoms with E-state index in [0.29, 0.717) is 11.4 Å². The summed E-state index contributed by atoms with van der Waals surface area (Å²) < 4.78 is 1.70. The maximum Gasteiger partial charge on any atom is 0.258 e. The number of nitrogens with one attached hydrogen (secondary N) is 1. The first-order valence-corrected chi connectivity index (χ1v) is 7.81. The third kappa shape index (κ3) is 2.93. The molecule has 0 spiro atoms. The number of rotatable bonds is 3. The molecule has 0 aliphatic carbocycles. The van der Waals surface area contributed by atoms with Gasteiger partial charge in [-0.25, -0.2) is 0 Å². The lowest BCUT2D eigenvalue weighted by molar-refractivity contribution is 0.102. The number of nitrogens with zero attached hydrogens (tertiary/aromatic N) is 3. The number of pyridine rings is 1. The Labute approximate surface area is 141 Å². The van der Waals surface area contributed by atoms with Gasteiger partial charge in [0.2, 0.25) is 0 Å². The molecule has 0 aliphatic rings. The van der Waals surface area contributed by atoms with E-state index in [-0.39, 0.29) is 5.91 Å². The Balaban J connectivity index is 1.92. The van der Waals surface area contributed by atoms with Crippen LogP contribution in [-0.4, -0.2) is 20.7 Å². The van der Waals surface area contributed by atoms with Crippen LogP contribution in [0.3, 0.4) is 0 Å². The zero-order valence-electron chi connectivity index (χ0n) is 14.3. The van der Waals surface area contributed by atoms with E-state index in [9.17, 15) is 4.79 Å². The van der Waals surface area contributed by atoms with Gasteiger partial charge in [-0.2, -0.15) is 5.10 Å². The average molecular weight is 320 g/mol. The number of hydrogen-bond donors (Lipinski definition) is 1. The quantitative estimate of drug-likeness (QED) is 0.801. The molecule has 5 heteroatoms. The second-order valence-corrected chi connectivity index (χ2v) is 5.89. The van der Waals surface area contributed by atoms with Crippen LogP contribution in [0, 0.1) is 20.8 Å². The van der Waals surface area contributed by atoms with Crippen molar-refractivity contribution in [2.24, 2.45) is 7.05 Å². The highest BCUT2D eigenvalue weighted by molar-refractivity contribution is 6.04. The molecule has 0 bridgehead atoms. The number of anilines is 1. The van der Waals surface area contributed by atoms with Crippen molar-refractivity contribution >= 4 is 11.7 Å². The Morgan fingerprint density at radius 1 is 1.12 bits per heavy atom. The fraction of sp³-hybridized carbons (Fsp3) is 0.211. The van der Waals surface area contributed by atoms with Crippen LogP contribution in [0.5, 0.6) is 0 Å². The van der Waals surface area contributed by atoms with Gasteiger partial charge in [0.15, 0.2) is 0 Å². The standard InChI is InChI=1S/C19H20N4O/c1-12-10-16(11-20-14(12)3)19(24)21-18-13(2)17(22-23(18)4)15-8-6-5-7-9-15/h5-11H,1-4H3,(H,21,24). The monoisotopic (exact) mass is 320 g/mol. The zero-order chi connectivity index (χ0) is 17.3. The summed E-state index contributed by atoms with van der Waals surface area (Å²) in [4.78, 5) is 16.8. The number of carbonyl (C=O) groups excluding carboxylic acids is 1. The van der Waals surface area contributed by atoms with E-state index in [4.69, 9.17) is 0 Å². The summed E-state index contributed by atoms with van der Waals surface area (Å²) in [6, 6.07) is 11.8. The third-order valence-corrected chi connectivity index (χ3v) is 4.17. The van der Waals surface area contributed by atoms with Gasteiger partial charge in [0.05, 0.1) is 11.3 Å². The Morgan fingerprint density at radius 3 is 2.50 bits per heavy atom. The normalized spacial score (nSPS) is 10.7. The first kappa shape index (κ1) is 15.9. The summed E-state index contributed by atoms with van der Waals surface area (Å²) in [6.45, 7) is 5.83. The fourth-order valence-electron chi connectivity index (χ4n) is 2.62. The van der Waals surface area contributed by atoms with Gasteiger partial charge < -0.3 is 5.32 Å². The molecule has 0 aliphatic heterocycles. The number of benzene rings is 1. The van der Waals surface area contributed by atoms with Crippen molar-refractivity contribution in [1.29, 1.82) is 0 Å². The zero-order valence-corrected chi connectivity index (χ0v) is 14.3. The molecule has 24 heavy (non-hydrogen) atoms. The maximum atomic E-state index is 12.5. The molecule has 0 saturated carbocycles. The number of aromatic nitrogens is 3. The van der Waals surface area contributed by atoms with Crippen molar-refractivity contribution < 1.29 is 4.79 Å². The first-order valence-electron chi connectivity index (χ1n) is 7.81. The molecule has 2 heterocycles. The summed E-state index contributed by atoms with van der Waals surface area (Å²) in [5.74, 6) is 0.508. The fourth-order valence-corrected chi connectivity index (χ4v) is 2.62. The highest BCUT2D eigenvalue weighted by Crippen LogP contribution is 2.27. The molecule has 2 aromatic heterocycles. The number of aryl methyl sites for hydroxylation is 3. The van der Waals surface area contributed by atoms with Gasteiger partial charge in [-0.1, -0.05) is 30.3 Å². The molecule has 1 N–H and O–H groups in total. The predicted octanol–water partition coefficient (Wildman–Crippen LogP) is 3.66. The topological polar surface area (TPSA) is 59.8 Å². The largest absolute Gasteiger partial charge is 0.306 e. The summed E-state index contributed by atoms with van der Waals surface area (Å²) in [5, 5.41) is 7.50. The van der Waals surface area contributed by atoms with Crippen LogP contribution in [0.15, 0.2) is 42.6 Å². The van der Waals surface area contributed by atoms with Crippen LogP contribution in [0.4, 0.5) is 5.82 Å². The van der Waals surface area contributed by atoms with E-state index >= 15 is 0 Å². The van der Waals surface area contributed by atoms with Crippen molar-refractivity contribution in [2.45, 2.75) is 20.8 Å². The highest BCUT2D eigenvalue weighted by atomic mass is 16.1. The van der Waals surface area contributed by atoms with E-state index in [1.807, 2.05) is 64.2 Å². The molecule has 5 nitrogen and oxygen atoms in total. The van der Waals surface area contributed by atoms with Crippen molar-refractivity contribution in [1.82, 2.24) is 14.8 Å². The number of carbonyl (C=O) groups is 1. The van der Waals surface area contributed by atoms with Crippen molar-refractivity contribution in [3.05, 3.63) is 65.0 Å². The van der Waals surface area contributed by atoms with Gasteiger partial charge >= 0.3 is 0 Å². The van der Waals surface area contributed by atoms with Crippen molar-refractivity contribution in [3.63, 3.8) is 0 Å². The molecule has 1 aromatic carbocycles. The van der Waals surface area contributed by atoms with E-state index < -0.39 is 0 Å². The van der Waals surface area contributed by atoms with Gasteiger partial charge in [-0.3, -0.25) is 14.5 Å². The molecule has 3 aromatic rings. The molecule has 1 amide bonds. The molecular formula is C19H20N4O. The van der Waals surface area contributed by atoms with Gasteiger partial charge in [-0.05, 0) is 32.4 Å². The van der Waals surface area contributed by atoms with Crippen LogP contribution in [-0.2, 0) is 7.05 Å². The summed E-state index contributed by atoms with van der Waals surface area (Å²) >= 11 is 0. The van der Waals surface area contributed by atoms with E-state index in [1.54, 1.807) is 10.9 Å². The smallest absolute Gasteiger partial charge is 0.258 e. The Morgan fingerprint density at radius 2 is 1.83 bits per heavy atom. The van der Waals surface area contributed by atoms with Gasteiger partial charge in [0.1, 0.15) is 5.82 Å². The lowest BCUT2D eigenvalue weighted by Crippen LogP contribution is -2.16. The second kappa shape index (κ2) is 6.28. The van der Waals surface area contributed by atoms with Crippen molar-refractivity contribution in [2.75, 3.05) is 5.32 Å². The van der Waals surface area contributed by atoms with Crippen molar-refractivity contribution in [3.8, 4) is 11.3 Å². The minimum absolute atomic E-state index is 0.184. The molecule has 0 unspecified atom stereocenters. The van der Waals surface area contributed by atoms with Crippen LogP contribution in [0.25, 0.3) is 11.3 Å². The Kier molecular flexibility index (Phi) is 4.16. The lowest BCUT2D eigenvalue weighted by Gasteiger charge is -2.08. The predicted molar refractivity (Wildman–Crippen MR) is 95.0 cm³/mol. The first-order chi connectivity index (χ1) is 11.5. The number of hydrogen-bond acceptors (Lipinski definition) is 3. The minimum atomic E-state index is -0.184. The van der Waals surface area contributed by atoms with Gasteiger partial charge in [0.25, 0.3) is 5.91 Å². The molecule has 0 atom stereocenters. The van der Waals surface area contributed by atoms with Gasteiger partial charge in [-0.15, -0.1) is 0 Å². The summed E-state index contributed by atoms with van der Waals surface area (Å²) in [6.07, 6.45) is 1.60. The third-order valence-electron chi connectivity index (χ3n) is 4.17. The van der Waals surface area contributed by atoms with Crippen LogP contribution >= 0.6 is 0 Å². The average Bonchev–Trinajstić information content (AvgIpc) is 2.86. The summed E-state index contributed by atoms with van der Waals surface area (Å²) in [5.41, 5.74) is 5.29. The summed E-state index contributed by atoms with van der Waals surface area (Å²) in [7, 11) is 1.83. The van der Waals surface area contributed by atoms with E-state index in [2.05, 4.69) is 15.4 Å². The Hall–Kier alpha value is -2.95. The Bertz CT molecular complexity index is 897. The lowest BCUT2D eigenvalue weighted by atomic mass is 10.1. The highest BCUT2D eigenvalue weighted by Gasteiger charge is 2.17. The van der Waals surface area contributed by atoms with Crippen LogP contribution < -0.4 is 5.32 Å². The maximum absolute atomic E-state index is 12.5. The molecule has 0 fully saturated rings. The second-order valence-electron chi connectivity index (χ2n) is 5.89. The molecule has 122 valence electrons. The minimum Gasteiger partial charge on any atom is -0.306 e. The van der Waals surface area contributed by atoms with Gasteiger partial charge in [0, 0.05) is 30.1 Å². The van der Waals surface area contributed by atoms with Crippen LogP contribution in [0.1, 0.15) is 27.2 Å². The molecule has 3 rings (SSSR count).